The Morgan fingerprint density at radius 1 is 1.27 bits per heavy atom. The fourth-order valence-electron chi connectivity index (χ4n) is 3.95. The number of allylic oxidation sites excluding steroid dienone is 2. The Bertz CT molecular complexity index is 636. The third-order valence-electron chi connectivity index (χ3n) is 4.88. The Kier molecular flexibility index (Phi) is 4.79. The van der Waals surface area contributed by atoms with E-state index in [9.17, 15) is 0 Å². The minimum atomic E-state index is 0.604. The van der Waals surface area contributed by atoms with Crippen molar-refractivity contribution < 1.29 is 4.84 Å². The predicted molar refractivity (Wildman–Crippen MR) is 93.6 cm³/mol. The Morgan fingerprint density at radius 2 is 2.09 bits per heavy atom. The van der Waals surface area contributed by atoms with Gasteiger partial charge in [0.05, 0.1) is 15.8 Å². The van der Waals surface area contributed by atoms with E-state index in [0.717, 1.165) is 24.5 Å². The van der Waals surface area contributed by atoms with Crippen molar-refractivity contribution in [3.63, 3.8) is 0 Å². The number of benzene rings is 1. The maximum Gasteiger partial charge on any atom is 0.106 e. The minimum Gasteiger partial charge on any atom is -0.399 e. The third kappa shape index (κ3) is 2.91. The van der Waals surface area contributed by atoms with Gasteiger partial charge < -0.3 is 4.84 Å². The first kappa shape index (κ1) is 15.9. The molecular weight excluding hydrogens is 317 g/mol. The van der Waals surface area contributed by atoms with Gasteiger partial charge in [0, 0.05) is 0 Å². The van der Waals surface area contributed by atoms with Crippen molar-refractivity contribution in [3.05, 3.63) is 39.4 Å². The van der Waals surface area contributed by atoms with Gasteiger partial charge in [-0.2, -0.15) is 0 Å². The summed E-state index contributed by atoms with van der Waals surface area (Å²) in [6, 6.07) is 5.96. The first-order chi connectivity index (χ1) is 10.6. The van der Waals surface area contributed by atoms with Gasteiger partial charge >= 0.3 is 0 Å². The molecule has 3 rings (SSSR count). The molecule has 0 aromatic heterocycles. The molecule has 0 amide bonds. The SMILES string of the molecule is CCC(=NOC)C1=C(c2ccc(Cl)c(Cl)c2)CC2CC[C@H]1C2. The Labute approximate surface area is 142 Å². The molecule has 2 nitrogen and oxygen atoms in total. The number of hydrogen-bond donors (Lipinski definition) is 0. The third-order valence-corrected chi connectivity index (χ3v) is 5.62. The second-order valence-corrected chi connectivity index (χ2v) is 6.99. The van der Waals surface area contributed by atoms with E-state index in [1.807, 2.05) is 12.1 Å². The van der Waals surface area contributed by atoms with Gasteiger partial charge in [0.1, 0.15) is 7.11 Å². The van der Waals surface area contributed by atoms with Gasteiger partial charge in [-0.05, 0) is 72.8 Å². The fraction of sp³-hybridized carbons (Fsp3) is 0.500. The molecule has 0 heterocycles. The van der Waals surface area contributed by atoms with Gasteiger partial charge in [0.15, 0.2) is 0 Å². The predicted octanol–water partition coefficient (Wildman–Crippen LogP) is 5.98. The van der Waals surface area contributed by atoms with E-state index in [2.05, 4.69) is 18.1 Å². The first-order valence-corrected chi connectivity index (χ1v) is 8.68. The molecule has 1 unspecified atom stereocenters. The van der Waals surface area contributed by atoms with E-state index in [1.54, 1.807) is 7.11 Å². The van der Waals surface area contributed by atoms with Crippen molar-refractivity contribution in [2.45, 2.75) is 39.0 Å². The highest BCUT2D eigenvalue weighted by Gasteiger charge is 2.36. The van der Waals surface area contributed by atoms with Gasteiger partial charge in [-0.15, -0.1) is 0 Å². The van der Waals surface area contributed by atoms with Crippen molar-refractivity contribution in [3.8, 4) is 0 Å². The van der Waals surface area contributed by atoms with Crippen LogP contribution in [0.2, 0.25) is 10.0 Å². The molecule has 1 fully saturated rings. The van der Waals surface area contributed by atoms with Crippen LogP contribution in [0.3, 0.4) is 0 Å². The molecule has 0 N–H and O–H groups in total. The number of hydrogen-bond acceptors (Lipinski definition) is 2. The molecule has 0 saturated heterocycles. The highest BCUT2D eigenvalue weighted by molar-refractivity contribution is 6.42. The zero-order chi connectivity index (χ0) is 15.7. The summed E-state index contributed by atoms with van der Waals surface area (Å²) in [5.74, 6) is 1.40. The minimum absolute atomic E-state index is 0.604. The van der Waals surface area contributed by atoms with Crippen molar-refractivity contribution >= 4 is 34.5 Å². The Balaban J connectivity index is 2.13. The van der Waals surface area contributed by atoms with E-state index >= 15 is 0 Å². The van der Waals surface area contributed by atoms with Crippen LogP contribution in [0.25, 0.3) is 5.57 Å². The molecule has 2 aliphatic carbocycles. The van der Waals surface area contributed by atoms with Crippen molar-refractivity contribution in [1.29, 1.82) is 0 Å². The lowest BCUT2D eigenvalue weighted by atomic mass is 9.78. The van der Waals surface area contributed by atoms with Crippen LogP contribution in [0.15, 0.2) is 28.9 Å². The Hall–Kier alpha value is -0.990. The summed E-state index contributed by atoms with van der Waals surface area (Å²) < 4.78 is 0. The first-order valence-electron chi connectivity index (χ1n) is 7.92. The number of fused-ring (bicyclic) bond motifs is 2. The van der Waals surface area contributed by atoms with Crippen molar-refractivity contribution in [2.24, 2.45) is 17.0 Å². The summed E-state index contributed by atoms with van der Waals surface area (Å²) >= 11 is 12.3. The van der Waals surface area contributed by atoms with E-state index in [1.165, 1.54) is 36.0 Å². The molecule has 2 atom stereocenters. The van der Waals surface area contributed by atoms with E-state index in [0.29, 0.717) is 16.0 Å². The standard InChI is InChI=1S/C18H21Cl2NO/c1-3-17(21-22-2)18-13-5-4-11(8-13)9-14(18)12-6-7-15(19)16(20)10-12/h6-7,10-11,13H,3-5,8-9H2,1-2H3/t11?,13-/m0/s1. The largest absolute Gasteiger partial charge is 0.399 e. The number of rotatable bonds is 4. The summed E-state index contributed by atoms with van der Waals surface area (Å²) in [7, 11) is 1.62. The quantitative estimate of drug-likeness (QED) is 0.489. The highest BCUT2D eigenvalue weighted by atomic mass is 35.5. The maximum absolute atomic E-state index is 6.23. The normalized spacial score (nSPS) is 24.8. The van der Waals surface area contributed by atoms with Crippen LogP contribution < -0.4 is 0 Å². The molecule has 0 aliphatic heterocycles. The van der Waals surface area contributed by atoms with E-state index in [4.69, 9.17) is 28.0 Å². The molecule has 2 bridgehead atoms. The van der Waals surface area contributed by atoms with Gasteiger partial charge in [-0.3, -0.25) is 0 Å². The number of halogens is 2. The second-order valence-electron chi connectivity index (χ2n) is 6.18. The highest BCUT2D eigenvalue weighted by Crippen LogP contribution is 2.49. The van der Waals surface area contributed by atoms with Crippen LogP contribution in [0.1, 0.15) is 44.6 Å². The average Bonchev–Trinajstić information content (AvgIpc) is 2.90. The smallest absolute Gasteiger partial charge is 0.106 e. The lowest BCUT2D eigenvalue weighted by Crippen LogP contribution is -2.18. The molecule has 22 heavy (non-hydrogen) atoms. The van der Waals surface area contributed by atoms with Gasteiger partial charge in [-0.1, -0.05) is 41.3 Å². The lowest BCUT2D eigenvalue weighted by Gasteiger charge is -2.27. The summed E-state index contributed by atoms with van der Waals surface area (Å²) in [5.41, 5.74) is 5.03. The monoisotopic (exact) mass is 337 g/mol. The second kappa shape index (κ2) is 6.64. The molecular formula is C18H21Cl2NO. The molecule has 0 spiro atoms. The summed E-state index contributed by atoms with van der Waals surface area (Å²) in [4.78, 5) is 5.09. The van der Waals surface area contributed by atoms with Crippen LogP contribution >= 0.6 is 23.2 Å². The van der Waals surface area contributed by atoms with Gasteiger partial charge in [0.25, 0.3) is 0 Å². The molecule has 1 saturated carbocycles. The lowest BCUT2D eigenvalue weighted by molar-refractivity contribution is 0.212. The summed E-state index contributed by atoms with van der Waals surface area (Å²) in [6.45, 7) is 2.14. The van der Waals surface area contributed by atoms with Gasteiger partial charge in [0.2, 0.25) is 0 Å². The van der Waals surface area contributed by atoms with Crippen LogP contribution in [0, 0.1) is 11.8 Å². The van der Waals surface area contributed by atoms with Gasteiger partial charge in [-0.25, -0.2) is 0 Å². The van der Waals surface area contributed by atoms with E-state index in [-0.39, 0.29) is 0 Å². The van der Waals surface area contributed by atoms with Crippen LogP contribution in [-0.4, -0.2) is 12.8 Å². The average molecular weight is 338 g/mol. The molecule has 118 valence electrons. The van der Waals surface area contributed by atoms with Crippen molar-refractivity contribution in [1.82, 2.24) is 0 Å². The van der Waals surface area contributed by atoms with Crippen LogP contribution in [0.5, 0.6) is 0 Å². The summed E-state index contributed by atoms with van der Waals surface area (Å²) in [5, 5.41) is 5.52. The zero-order valence-corrected chi connectivity index (χ0v) is 14.5. The Morgan fingerprint density at radius 3 is 2.77 bits per heavy atom. The topological polar surface area (TPSA) is 21.6 Å². The fourth-order valence-corrected chi connectivity index (χ4v) is 4.25. The summed E-state index contributed by atoms with van der Waals surface area (Å²) in [6.07, 6.45) is 5.83. The molecule has 0 radical (unpaired) electrons. The molecule has 4 heteroatoms. The zero-order valence-electron chi connectivity index (χ0n) is 13.0. The molecule has 2 aliphatic rings. The van der Waals surface area contributed by atoms with Crippen LogP contribution in [0.4, 0.5) is 0 Å². The van der Waals surface area contributed by atoms with E-state index < -0.39 is 0 Å². The number of nitrogens with zero attached hydrogens (tertiary/aromatic N) is 1. The number of oxime groups is 1. The van der Waals surface area contributed by atoms with Crippen LogP contribution in [-0.2, 0) is 4.84 Å². The van der Waals surface area contributed by atoms with Crippen molar-refractivity contribution in [2.75, 3.05) is 7.11 Å². The maximum atomic E-state index is 6.23. The molecule has 1 aromatic rings. The molecule has 1 aromatic carbocycles.